The monoisotopic (exact) mass is 545 g/mol. The number of aryl methyl sites for hydroxylation is 1. The van der Waals surface area contributed by atoms with Crippen molar-refractivity contribution >= 4 is 17.4 Å². The van der Waals surface area contributed by atoms with E-state index in [9.17, 15) is 9.59 Å². The maximum Gasteiger partial charge on any atom is 0.299 e. The minimum Gasteiger partial charge on any atom is -0.303 e. The summed E-state index contributed by atoms with van der Waals surface area (Å²) in [6.07, 6.45) is 17.1. The van der Waals surface area contributed by atoms with Crippen LogP contribution in [0.5, 0.6) is 0 Å². The lowest BCUT2D eigenvalue weighted by Gasteiger charge is -2.35. The molecule has 218 valence electrons. The van der Waals surface area contributed by atoms with E-state index in [2.05, 4.69) is 53.1 Å². The molecule has 0 saturated carbocycles. The van der Waals surface area contributed by atoms with Gasteiger partial charge in [0.1, 0.15) is 0 Å². The van der Waals surface area contributed by atoms with Gasteiger partial charge in [-0.15, -0.1) is 0 Å². The quantitative estimate of drug-likeness (QED) is 0.146. The van der Waals surface area contributed by atoms with Crippen LogP contribution in [-0.4, -0.2) is 60.8 Å². The van der Waals surface area contributed by atoms with Gasteiger partial charge >= 0.3 is 0 Å². The second-order valence-corrected chi connectivity index (χ2v) is 11.9. The third kappa shape index (κ3) is 9.27. The van der Waals surface area contributed by atoms with Crippen LogP contribution in [0.1, 0.15) is 105 Å². The van der Waals surface area contributed by atoms with Gasteiger partial charge in [-0.3, -0.25) is 19.4 Å². The maximum atomic E-state index is 12.8. The summed E-state index contributed by atoms with van der Waals surface area (Å²) < 4.78 is 0. The molecule has 2 aromatic rings. The Morgan fingerprint density at radius 3 is 1.88 bits per heavy atom. The minimum absolute atomic E-state index is 0.334. The first-order valence-corrected chi connectivity index (χ1v) is 16.1. The molecule has 1 saturated heterocycles. The first-order chi connectivity index (χ1) is 19.7. The van der Waals surface area contributed by atoms with E-state index in [-0.39, 0.29) is 11.7 Å². The Morgan fingerprint density at radius 2 is 1.23 bits per heavy atom. The van der Waals surface area contributed by atoms with Crippen molar-refractivity contribution in [1.82, 2.24) is 9.80 Å². The average molecular weight is 546 g/mol. The van der Waals surface area contributed by atoms with Crippen LogP contribution in [0.4, 0.5) is 5.69 Å². The van der Waals surface area contributed by atoms with Gasteiger partial charge in [0.25, 0.3) is 11.7 Å². The van der Waals surface area contributed by atoms with E-state index in [0.717, 1.165) is 57.8 Å². The van der Waals surface area contributed by atoms with Gasteiger partial charge in [-0.1, -0.05) is 114 Å². The number of carbonyl (C=O) groups is 2. The zero-order valence-corrected chi connectivity index (χ0v) is 24.9. The van der Waals surface area contributed by atoms with Crippen LogP contribution >= 0.6 is 0 Å². The van der Waals surface area contributed by atoms with E-state index in [4.69, 9.17) is 0 Å². The molecule has 4 rings (SSSR count). The average Bonchev–Trinajstić information content (AvgIpc) is 3.22. The number of carbonyl (C=O) groups excluding carboxylic acids is 2. The van der Waals surface area contributed by atoms with E-state index < -0.39 is 0 Å². The molecule has 1 amide bonds. The molecule has 0 spiro atoms. The first-order valence-electron chi connectivity index (χ1n) is 16.1. The number of Topliss-reactive ketones (excluding diaryl/α,β-unsaturated/α-hetero) is 1. The molecule has 0 aromatic heterocycles. The number of anilines is 1. The van der Waals surface area contributed by atoms with Crippen molar-refractivity contribution in [3.8, 4) is 0 Å². The fourth-order valence-electron chi connectivity index (χ4n) is 6.15. The second-order valence-electron chi connectivity index (χ2n) is 11.9. The SMILES string of the molecule is CCCCCCCCCCCCCCc1ccc2c(c1)C(=O)C(=O)N2CCN1CCN(Cc2ccccc2)CC1. The number of rotatable bonds is 18. The second kappa shape index (κ2) is 16.7. The molecule has 0 bridgehead atoms. The Labute approximate surface area is 242 Å². The molecule has 0 radical (unpaired) electrons. The van der Waals surface area contributed by atoms with Gasteiger partial charge in [-0.25, -0.2) is 0 Å². The zero-order valence-electron chi connectivity index (χ0n) is 24.9. The number of fused-ring (bicyclic) bond motifs is 1. The van der Waals surface area contributed by atoms with Crippen molar-refractivity contribution in [2.75, 3.05) is 44.2 Å². The fourth-order valence-corrected chi connectivity index (χ4v) is 6.15. The molecule has 0 atom stereocenters. The van der Waals surface area contributed by atoms with Crippen LogP contribution < -0.4 is 4.90 Å². The standard InChI is InChI=1S/C35H51N3O2/c1-2-3-4-5-6-7-8-9-10-11-12-14-17-30-20-21-33-32(28-30)34(39)35(40)38(33)27-26-36-22-24-37(25-23-36)29-31-18-15-13-16-19-31/h13,15-16,18-21,28H,2-12,14,17,22-27,29H2,1H3. The highest BCUT2D eigenvalue weighted by Crippen LogP contribution is 2.30. The molecule has 2 aromatic carbocycles. The number of hydrogen-bond donors (Lipinski definition) is 0. The number of unbranched alkanes of at least 4 members (excludes halogenated alkanes) is 11. The van der Waals surface area contributed by atoms with Gasteiger partial charge in [-0.05, 0) is 36.1 Å². The fraction of sp³-hybridized carbons (Fsp3) is 0.600. The molecule has 1 fully saturated rings. The predicted octanol–water partition coefficient (Wildman–Crippen LogP) is 7.28. The summed E-state index contributed by atoms with van der Waals surface area (Å²) >= 11 is 0. The molecule has 2 heterocycles. The molecular formula is C35H51N3O2. The Bertz CT molecular complexity index is 1050. The highest BCUT2D eigenvalue weighted by atomic mass is 16.2. The largest absolute Gasteiger partial charge is 0.303 e. The summed E-state index contributed by atoms with van der Waals surface area (Å²) in [6.45, 7) is 8.69. The predicted molar refractivity (Wildman–Crippen MR) is 166 cm³/mol. The van der Waals surface area contributed by atoms with Crippen LogP contribution in [0.3, 0.4) is 0 Å². The summed E-state index contributed by atoms with van der Waals surface area (Å²) in [6, 6.07) is 16.7. The van der Waals surface area contributed by atoms with Crippen LogP contribution in [0.15, 0.2) is 48.5 Å². The summed E-state index contributed by atoms with van der Waals surface area (Å²) in [5.74, 6) is -0.695. The van der Waals surface area contributed by atoms with Gasteiger partial charge in [0.15, 0.2) is 0 Å². The van der Waals surface area contributed by atoms with Gasteiger partial charge in [0.2, 0.25) is 0 Å². The van der Waals surface area contributed by atoms with E-state index in [1.807, 2.05) is 12.1 Å². The van der Waals surface area contributed by atoms with E-state index >= 15 is 0 Å². The topological polar surface area (TPSA) is 43.9 Å². The van der Waals surface area contributed by atoms with Crippen molar-refractivity contribution in [3.05, 3.63) is 65.2 Å². The van der Waals surface area contributed by atoms with Crippen molar-refractivity contribution in [3.63, 3.8) is 0 Å². The first kappa shape index (κ1) is 30.5. The number of ketones is 1. The Kier molecular flexibility index (Phi) is 12.7. The lowest BCUT2D eigenvalue weighted by atomic mass is 10.0. The Balaban J connectivity index is 1.12. The summed E-state index contributed by atoms with van der Waals surface area (Å²) in [5.41, 5.74) is 3.94. The minimum atomic E-state index is -0.361. The number of benzene rings is 2. The molecule has 2 aliphatic heterocycles. The lowest BCUT2D eigenvalue weighted by molar-refractivity contribution is -0.114. The normalized spacial score (nSPS) is 16.2. The summed E-state index contributed by atoms with van der Waals surface area (Å²) in [5, 5.41) is 0. The van der Waals surface area contributed by atoms with Crippen LogP contribution in [0.2, 0.25) is 0 Å². The molecule has 0 aliphatic carbocycles. The summed E-state index contributed by atoms with van der Waals surface area (Å²) in [4.78, 5) is 32.2. The van der Waals surface area contributed by atoms with E-state index in [0.29, 0.717) is 12.1 Å². The maximum absolute atomic E-state index is 12.8. The van der Waals surface area contributed by atoms with Crippen molar-refractivity contribution in [1.29, 1.82) is 0 Å². The molecular weight excluding hydrogens is 494 g/mol. The van der Waals surface area contributed by atoms with Gasteiger partial charge < -0.3 is 4.90 Å². The van der Waals surface area contributed by atoms with E-state index in [1.165, 1.54) is 81.8 Å². The molecule has 40 heavy (non-hydrogen) atoms. The van der Waals surface area contributed by atoms with Crippen LogP contribution in [0, 0.1) is 0 Å². The number of piperazine rings is 1. The third-order valence-corrected chi connectivity index (χ3v) is 8.71. The summed E-state index contributed by atoms with van der Waals surface area (Å²) in [7, 11) is 0. The smallest absolute Gasteiger partial charge is 0.299 e. The van der Waals surface area contributed by atoms with Crippen molar-refractivity contribution < 1.29 is 9.59 Å². The number of nitrogens with zero attached hydrogens (tertiary/aromatic N) is 3. The van der Waals surface area contributed by atoms with Gasteiger partial charge in [0, 0.05) is 45.8 Å². The van der Waals surface area contributed by atoms with Crippen molar-refractivity contribution in [2.45, 2.75) is 96.9 Å². The third-order valence-electron chi connectivity index (χ3n) is 8.71. The van der Waals surface area contributed by atoms with E-state index in [1.54, 1.807) is 4.90 Å². The number of amides is 1. The Morgan fingerprint density at radius 1 is 0.625 bits per heavy atom. The lowest BCUT2D eigenvalue weighted by Crippen LogP contribution is -2.48. The van der Waals surface area contributed by atoms with Crippen molar-refractivity contribution in [2.24, 2.45) is 0 Å². The van der Waals surface area contributed by atoms with Crippen LogP contribution in [-0.2, 0) is 17.8 Å². The highest BCUT2D eigenvalue weighted by Gasteiger charge is 2.36. The molecule has 0 unspecified atom stereocenters. The molecule has 5 nitrogen and oxygen atoms in total. The zero-order chi connectivity index (χ0) is 28.0. The number of hydrogen-bond acceptors (Lipinski definition) is 4. The molecule has 0 N–H and O–H groups in total. The molecule has 2 aliphatic rings. The molecule has 5 heteroatoms. The Hall–Kier alpha value is -2.50. The van der Waals surface area contributed by atoms with Gasteiger partial charge in [0.05, 0.1) is 11.3 Å². The highest BCUT2D eigenvalue weighted by molar-refractivity contribution is 6.52. The van der Waals surface area contributed by atoms with Crippen LogP contribution in [0.25, 0.3) is 0 Å². The van der Waals surface area contributed by atoms with Gasteiger partial charge in [-0.2, -0.15) is 0 Å².